The Kier molecular flexibility index (Phi) is 6.32. The summed E-state index contributed by atoms with van der Waals surface area (Å²) in [6.45, 7) is 4.15. The Morgan fingerprint density at radius 3 is 2.56 bits per heavy atom. The average molecular weight is 450 g/mol. The number of ether oxygens (including phenoxy) is 1. The smallest absolute Gasteiger partial charge is 0.350 e. The summed E-state index contributed by atoms with van der Waals surface area (Å²) in [4.78, 5) is 43.9. The first kappa shape index (κ1) is 21.7. The molecule has 1 atom stereocenters. The van der Waals surface area contributed by atoms with E-state index in [1.807, 2.05) is 61.5 Å². The third kappa shape index (κ3) is 4.86. The highest BCUT2D eigenvalue weighted by Crippen LogP contribution is 2.28. The second-order valence-electron chi connectivity index (χ2n) is 7.73. The van der Waals surface area contributed by atoms with Crippen LogP contribution < -0.4 is 10.2 Å². The van der Waals surface area contributed by atoms with Crippen LogP contribution in [0, 0.1) is 19.8 Å². The molecule has 32 heavy (non-hydrogen) atoms. The summed E-state index contributed by atoms with van der Waals surface area (Å²) < 4.78 is 5.37. The van der Waals surface area contributed by atoms with E-state index in [-0.39, 0.29) is 24.8 Å². The minimum absolute atomic E-state index is 0.0884. The number of thiazole rings is 1. The van der Waals surface area contributed by atoms with Crippen LogP contribution >= 0.6 is 11.3 Å². The number of carbonyl (C=O) groups is 3. The van der Waals surface area contributed by atoms with Crippen LogP contribution in [0.25, 0.3) is 0 Å². The van der Waals surface area contributed by atoms with Crippen molar-refractivity contribution >= 4 is 39.9 Å². The molecule has 0 spiro atoms. The molecule has 1 aromatic heterocycles. The number of hydrogen-bond acceptors (Lipinski definition) is 6. The molecule has 7 nitrogen and oxygen atoms in total. The minimum Gasteiger partial charge on any atom is -0.457 e. The van der Waals surface area contributed by atoms with E-state index in [0.29, 0.717) is 22.2 Å². The van der Waals surface area contributed by atoms with Gasteiger partial charge in [-0.3, -0.25) is 9.59 Å². The molecule has 1 aliphatic heterocycles. The van der Waals surface area contributed by atoms with E-state index in [0.717, 1.165) is 28.2 Å². The second kappa shape index (κ2) is 9.32. The standard InChI is InChI=1S/C24H23N3O4S/c1-15-8-10-19(11-9-15)27-13-18(12-20(27)28)22(29)26-24-25-16(2)21(32-24)23(30)31-14-17-6-4-3-5-7-17/h3-11,18H,12-14H2,1-2H3,(H,25,26,29). The normalized spacial score (nSPS) is 15.6. The number of anilines is 2. The maximum atomic E-state index is 12.8. The number of rotatable bonds is 6. The highest BCUT2D eigenvalue weighted by atomic mass is 32.1. The number of hydrogen-bond donors (Lipinski definition) is 1. The number of nitrogens with zero attached hydrogens (tertiary/aromatic N) is 2. The summed E-state index contributed by atoms with van der Waals surface area (Å²) in [6.07, 6.45) is 0.135. The van der Waals surface area contributed by atoms with Gasteiger partial charge in [0.15, 0.2) is 5.13 Å². The molecule has 4 rings (SSSR count). The molecule has 1 unspecified atom stereocenters. The van der Waals surface area contributed by atoms with Crippen molar-refractivity contribution in [1.82, 2.24) is 4.98 Å². The SMILES string of the molecule is Cc1ccc(N2CC(C(=O)Nc3nc(C)c(C(=O)OCc4ccccc4)s3)CC2=O)cc1. The first-order valence-electron chi connectivity index (χ1n) is 10.3. The van der Waals surface area contributed by atoms with Gasteiger partial charge in [-0.25, -0.2) is 9.78 Å². The van der Waals surface area contributed by atoms with Gasteiger partial charge in [0.2, 0.25) is 11.8 Å². The highest BCUT2D eigenvalue weighted by molar-refractivity contribution is 7.17. The first-order chi connectivity index (χ1) is 15.4. The van der Waals surface area contributed by atoms with Crippen molar-refractivity contribution in [2.24, 2.45) is 5.92 Å². The van der Waals surface area contributed by atoms with Gasteiger partial charge in [-0.15, -0.1) is 0 Å². The van der Waals surface area contributed by atoms with Gasteiger partial charge >= 0.3 is 5.97 Å². The Balaban J connectivity index is 1.37. The van der Waals surface area contributed by atoms with Crippen molar-refractivity contribution in [2.45, 2.75) is 26.9 Å². The van der Waals surface area contributed by atoms with Gasteiger partial charge in [-0.1, -0.05) is 59.4 Å². The lowest BCUT2D eigenvalue weighted by atomic mass is 10.1. The Morgan fingerprint density at radius 2 is 1.84 bits per heavy atom. The van der Waals surface area contributed by atoms with Gasteiger partial charge in [0, 0.05) is 18.7 Å². The monoisotopic (exact) mass is 449 g/mol. The van der Waals surface area contributed by atoms with E-state index in [2.05, 4.69) is 10.3 Å². The molecule has 0 aliphatic carbocycles. The molecule has 3 aromatic rings. The lowest BCUT2D eigenvalue weighted by Gasteiger charge is -2.16. The quantitative estimate of drug-likeness (QED) is 0.572. The first-order valence-corrected chi connectivity index (χ1v) is 11.1. The van der Waals surface area contributed by atoms with Crippen LogP contribution in [0.4, 0.5) is 10.8 Å². The third-order valence-electron chi connectivity index (χ3n) is 5.27. The van der Waals surface area contributed by atoms with Crippen molar-refractivity contribution in [1.29, 1.82) is 0 Å². The fraction of sp³-hybridized carbons (Fsp3) is 0.250. The van der Waals surface area contributed by atoms with E-state index in [1.165, 1.54) is 0 Å². The lowest BCUT2D eigenvalue weighted by Crippen LogP contribution is -2.28. The molecule has 1 fully saturated rings. The molecule has 2 amide bonds. The van der Waals surface area contributed by atoms with Crippen LogP contribution in [0.2, 0.25) is 0 Å². The molecule has 1 aliphatic rings. The van der Waals surface area contributed by atoms with Gasteiger partial charge in [0.05, 0.1) is 11.6 Å². The maximum absolute atomic E-state index is 12.8. The Morgan fingerprint density at radius 1 is 1.12 bits per heavy atom. The molecule has 164 valence electrons. The largest absolute Gasteiger partial charge is 0.457 e. The van der Waals surface area contributed by atoms with Gasteiger partial charge in [-0.05, 0) is 31.5 Å². The molecule has 1 N–H and O–H groups in total. The van der Waals surface area contributed by atoms with E-state index in [4.69, 9.17) is 4.74 Å². The summed E-state index contributed by atoms with van der Waals surface area (Å²) in [5.74, 6) is -1.34. The maximum Gasteiger partial charge on any atom is 0.350 e. The highest BCUT2D eigenvalue weighted by Gasteiger charge is 2.35. The third-order valence-corrected chi connectivity index (χ3v) is 6.32. The number of benzene rings is 2. The summed E-state index contributed by atoms with van der Waals surface area (Å²) >= 11 is 1.07. The molecular formula is C24H23N3O4S. The molecule has 1 saturated heterocycles. The fourth-order valence-corrected chi connectivity index (χ4v) is 4.36. The van der Waals surface area contributed by atoms with Gasteiger partial charge in [-0.2, -0.15) is 0 Å². The predicted octanol–water partition coefficient (Wildman–Crippen LogP) is 4.11. The number of amides is 2. The van der Waals surface area contributed by atoms with Crippen LogP contribution in [0.5, 0.6) is 0 Å². The van der Waals surface area contributed by atoms with Crippen molar-refractivity contribution in [3.05, 3.63) is 76.3 Å². The van der Waals surface area contributed by atoms with Crippen molar-refractivity contribution in [3.63, 3.8) is 0 Å². The van der Waals surface area contributed by atoms with Gasteiger partial charge in [0.1, 0.15) is 11.5 Å². The molecule has 2 heterocycles. The predicted molar refractivity (Wildman–Crippen MR) is 123 cm³/mol. The average Bonchev–Trinajstić information content (AvgIpc) is 3.35. The van der Waals surface area contributed by atoms with Crippen molar-refractivity contribution < 1.29 is 19.1 Å². The van der Waals surface area contributed by atoms with Gasteiger partial charge in [0.25, 0.3) is 0 Å². The second-order valence-corrected chi connectivity index (χ2v) is 8.72. The number of aromatic nitrogens is 1. The lowest BCUT2D eigenvalue weighted by molar-refractivity contribution is -0.122. The minimum atomic E-state index is -0.485. The molecule has 2 aromatic carbocycles. The van der Waals surface area contributed by atoms with Crippen molar-refractivity contribution in [2.75, 3.05) is 16.8 Å². The Hall–Kier alpha value is -3.52. The zero-order chi connectivity index (χ0) is 22.7. The van der Waals surface area contributed by atoms with E-state index >= 15 is 0 Å². The zero-order valence-electron chi connectivity index (χ0n) is 17.8. The number of carbonyl (C=O) groups excluding carboxylic acids is 3. The van der Waals surface area contributed by atoms with Gasteiger partial charge < -0.3 is 15.0 Å². The Labute approximate surface area is 190 Å². The van der Waals surface area contributed by atoms with E-state index in [1.54, 1.807) is 11.8 Å². The fourth-order valence-electron chi connectivity index (χ4n) is 3.49. The van der Waals surface area contributed by atoms with Crippen LogP contribution in [0.15, 0.2) is 54.6 Å². The summed E-state index contributed by atoms with van der Waals surface area (Å²) in [7, 11) is 0. The zero-order valence-corrected chi connectivity index (χ0v) is 18.6. The number of aryl methyl sites for hydroxylation is 2. The van der Waals surface area contributed by atoms with Crippen LogP contribution in [-0.2, 0) is 20.9 Å². The molecule has 0 saturated carbocycles. The van der Waals surface area contributed by atoms with E-state index < -0.39 is 11.9 Å². The number of esters is 1. The summed E-state index contributed by atoms with van der Waals surface area (Å²) in [5.41, 5.74) is 3.27. The Bertz CT molecular complexity index is 1140. The molecular weight excluding hydrogens is 426 g/mol. The van der Waals surface area contributed by atoms with Crippen LogP contribution in [0.1, 0.15) is 32.9 Å². The molecule has 0 bridgehead atoms. The summed E-state index contributed by atoms with van der Waals surface area (Å²) in [5, 5.41) is 3.08. The molecule has 8 heteroatoms. The van der Waals surface area contributed by atoms with E-state index in [9.17, 15) is 14.4 Å². The van der Waals surface area contributed by atoms with Crippen molar-refractivity contribution in [3.8, 4) is 0 Å². The van der Waals surface area contributed by atoms with Crippen LogP contribution in [-0.4, -0.2) is 29.3 Å². The number of nitrogens with one attached hydrogen (secondary N) is 1. The topological polar surface area (TPSA) is 88.6 Å². The molecule has 0 radical (unpaired) electrons. The van der Waals surface area contributed by atoms with Crippen LogP contribution in [0.3, 0.4) is 0 Å². The summed E-state index contributed by atoms with van der Waals surface area (Å²) in [6, 6.07) is 17.0.